The smallest absolute Gasteiger partial charge is 0.170 e. The van der Waals surface area contributed by atoms with E-state index >= 15 is 0 Å². The van der Waals surface area contributed by atoms with Gasteiger partial charge in [-0.2, -0.15) is 0 Å². The monoisotopic (exact) mass is 430 g/mol. The highest BCUT2D eigenvalue weighted by Gasteiger charge is 2.30. The summed E-state index contributed by atoms with van der Waals surface area (Å²) in [6.45, 7) is 5.79. The Bertz CT molecular complexity index is 936. The van der Waals surface area contributed by atoms with Gasteiger partial charge in [0.1, 0.15) is 11.5 Å². The minimum absolute atomic E-state index is 0.139. The van der Waals surface area contributed by atoms with Gasteiger partial charge in [-0.1, -0.05) is 13.0 Å². The molecule has 0 aliphatic rings. The fourth-order valence-corrected chi connectivity index (χ4v) is 3.54. The number of Topliss-reactive ketones (excluding diaryl/α,β-unsaturated/α-hetero) is 1. The first kappa shape index (κ1) is 23.9. The van der Waals surface area contributed by atoms with Gasteiger partial charge in [0.15, 0.2) is 28.8 Å². The standard InChI is InChI=1S/C24H30O7/c1-9-15(16-10-20(28-5)22(30-7)12-18(16)26-3)14(2)24(25)17-11-21(29-6)23(31-8)13-19(17)27-4/h9-15H,1H2,2-8H3/t14-,15+/m1/s1. The fourth-order valence-electron chi connectivity index (χ4n) is 3.54. The number of rotatable bonds is 11. The number of carbonyl (C=O) groups excluding carboxylic acids is 1. The number of allylic oxidation sites excluding steroid dienone is 1. The van der Waals surface area contributed by atoms with E-state index in [2.05, 4.69) is 6.58 Å². The van der Waals surface area contributed by atoms with E-state index in [9.17, 15) is 4.79 Å². The molecule has 7 nitrogen and oxygen atoms in total. The SMILES string of the molecule is C=C[C@H](c1cc(OC)c(OC)cc1OC)[C@@H](C)C(=O)c1cc(OC)c(OC)cc1OC. The number of methoxy groups -OCH3 is 6. The lowest BCUT2D eigenvalue weighted by molar-refractivity contribution is 0.0917. The lowest BCUT2D eigenvalue weighted by atomic mass is 9.81. The number of carbonyl (C=O) groups is 1. The molecule has 0 saturated carbocycles. The molecule has 0 amide bonds. The van der Waals surface area contributed by atoms with Crippen LogP contribution in [0.3, 0.4) is 0 Å². The van der Waals surface area contributed by atoms with Crippen LogP contribution in [0, 0.1) is 5.92 Å². The van der Waals surface area contributed by atoms with E-state index in [4.69, 9.17) is 28.4 Å². The molecule has 0 N–H and O–H groups in total. The number of hydrogen-bond acceptors (Lipinski definition) is 7. The Hall–Kier alpha value is -3.35. The Kier molecular flexibility index (Phi) is 8.19. The van der Waals surface area contributed by atoms with Gasteiger partial charge in [0.25, 0.3) is 0 Å². The molecule has 2 atom stereocenters. The molecule has 2 aromatic carbocycles. The highest BCUT2D eigenvalue weighted by Crippen LogP contribution is 2.43. The van der Waals surface area contributed by atoms with Crippen molar-refractivity contribution < 1.29 is 33.2 Å². The van der Waals surface area contributed by atoms with Gasteiger partial charge in [-0.25, -0.2) is 0 Å². The minimum atomic E-state index is -0.489. The normalized spacial score (nSPS) is 12.4. The van der Waals surface area contributed by atoms with Crippen LogP contribution in [0.15, 0.2) is 36.9 Å². The predicted octanol–water partition coefficient (Wildman–Crippen LogP) is 4.53. The molecule has 0 spiro atoms. The number of benzene rings is 2. The Morgan fingerprint density at radius 3 is 1.58 bits per heavy atom. The van der Waals surface area contributed by atoms with Crippen molar-refractivity contribution in [3.05, 3.63) is 48.0 Å². The Morgan fingerprint density at radius 2 is 1.13 bits per heavy atom. The molecule has 7 heteroatoms. The average molecular weight is 430 g/mol. The van der Waals surface area contributed by atoms with Crippen LogP contribution in [0.2, 0.25) is 0 Å². The molecule has 2 rings (SSSR count). The van der Waals surface area contributed by atoms with Crippen LogP contribution in [0.5, 0.6) is 34.5 Å². The van der Waals surface area contributed by atoms with Crippen molar-refractivity contribution >= 4 is 5.78 Å². The Balaban J connectivity index is 2.56. The van der Waals surface area contributed by atoms with E-state index in [-0.39, 0.29) is 11.7 Å². The number of ether oxygens (including phenoxy) is 6. The lowest BCUT2D eigenvalue weighted by Gasteiger charge is -2.24. The van der Waals surface area contributed by atoms with Gasteiger partial charge in [-0.15, -0.1) is 6.58 Å². The second-order valence-corrected chi connectivity index (χ2v) is 6.77. The second kappa shape index (κ2) is 10.6. The van der Waals surface area contributed by atoms with E-state index in [0.717, 1.165) is 5.56 Å². The van der Waals surface area contributed by atoms with Crippen molar-refractivity contribution in [2.75, 3.05) is 42.7 Å². The first-order valence-electron chi connectivity index (χ1n) is 9.67. The molecule has 31 heavy (non-hydrogen) atoms. The third-order valence-electron chi connectivity index (χ3n) is 5.27. The summed E-state index contributed by atoms with van der Waals surface area (Å²) >= 11 is 0. The molecule has 0 saturated heterocycles. The fraction of sp³-hybridized carbons (Fsp3) is 0.375. The van der Waals surface area contributed by atoms with E-state index in [1.807, 2.05) is 6.92 Å². The molecular formula is C24H30O7. The summed E-state index contributed by atoms with van der Waals surface area (Å²) in [7, 11) is 9.22. The molecule has 0 aliphatic heterocycles. The first-order valence-corrected chi connectivity index (χ1v) is 9.67. The maximum Gasteiger partial charge on any atom is 0.170 e. The van der Waals surface area contributed by atoms with Crippen molar-refractivity contribution in [3.8, 4) is 34.5 Å². The van der Waals surface area contributed by atoms with Gasteiger partial charge in [0.2, 0.25) is 0 Å². The molecule has 0 bridgehead atoms. The largest absolute Gasteiger partial charge is 0.496 e. The van der Waals surface area contributed by atoms with E-state index in [1.54, 1.807) is 51.7 Å². The summed E-state index contributed by atoms with van der Waals surface area (Å²) in [5.74, 6) is 1.97. The maximum atomic E-state index is 13.5. The minimum Gasteiger partial charge on any atom is -0.496 e. The molecule has 0 heterocycles. The lowest BCUT2D eigenvalue weighted by Crippen LogP contribution is -2.20. The van der Waals surface area contributed by atoms with E-state index in [0.29, 0.717) is 40.1 Å². The molecular weight excluding hydrogens is 400 g/mol. The summed E-state index contributed by atoms with van der Waals surface area (Å²) in [6.07, 6.45) is 1.72. The first-order chi connectivity index (χ1) is 14.9. The average Bonchev–Trinajstić information content (AvgIpc) is 2.82. The highest BCUT2D eigenvalue weighted by atomic mass is 16.5. The molecule has 0 unspecified atom stereocenters. The molecule has 168 valence electrons. The van der Waals surface area contributed by atoms with Gasteiger partial charge < -0.3 is 28.4 Å². The molecule has 0 radical (unpaired) electrons. The summed E-state index contributed by atoms with van der Waals surface area (Å²) in [6, 6.07) is 6.81. The van der Waals surface area contributed by atoms with Gasteiger partial charge in [0.05, 0.1) is 48.2 Å². The molecule has 0 fully saturated rings. The summed E-state index contributed by atoms with van der Waals surface area (Å²) < 4.78 is 32.5. The summed E-state index contributed by atoms with van der Waals surface area (Å²) in [5, 5.41) is 0. The predicted molar refractivity (Wildman–Crippen MR) is 119 cm³/mol. The molecule has 0 aliphatic carbocycles. The molecule has 2 aromatic rings. The van der Waals surface area contributed by atoms with Gasteiger partial charge in [0, 0.05) is 29.5 Å². The van der Waals surface area contributed by atoms with Crippen LogP contribution in [0.1, 0.15) is 28.8 Å². The Labute approximate surface area is 183 Å². The van der Waals surface area contributed by atoms with Crippen LogP contribution in [0.4, 0.5) is 0 Å². The third-order valence-corrected chi connectivity index (χ3v) is 5.27. The number of hydrogen-bond donors (Lipinski definition) is 0. The maximum absolute atomic E-state index is 13.5. The third kappa shape index (κ3) is 4.71. The summed E-state index contributed by atoms with van der Waals surface area (Å²) in [4.78, 5) is 13.5. The van der Waals surface area contributed by atoms with Gasteiger partial charge >= 0.3 is 0 Å². The van der Waals surface area contributed by atoms with Crippen molar-refractivity contribution in [1.82, 2.24) is 0 Å². The zero-order valence-corrected chi connectivity index (χ0v) is 19.1. The van der Waals surface area contributed by atoms with Crippen LogP contribution < -0.4 is 28.4 Å². The second-order valence-electron chi connectivity index (χ2n) is 6.77. The zero-order valence-electron chi connectivity index (χ0n) is 19.1. The van der Waals surface area contributed by atoms with Crippen molar-refractivity contribution in [3.63, 3.8) is 0 Å². The number of ketones is 1. The zero-order chi connectivity index (χ0) is 23.1. The van der Waals surface area contributed by atoms with E-state index in [1.165, 1.54) is 21.3 Å². The topological polar surface area (TPSA) is 72.5 Å². The van der Waals surface area contributed by atoms with Crippen molar-refractivity contribution in [2.24, 2.45) is 5.92 Å². The van der Waals surface area contributed by atoms with Gasteiger partial charge in [-0.3, -0.25) is 4.79 Å². The molecule has 0 aromatic heterocycles. The highest BCUT2D eigenvalue weighted by molar-refractivity contribution is 6.01. The summed E-state index contributed by atoms with van der Waals surface area (Å²) in [5.41, 5.74) is 1.15. The quantitative estimate of drug-likeness (QED) is 0.383. The van der Waals surface area contributed by atoms with Crippen molar-refractivity contribution in [2.45, 2.75) is 12.8 Å². The van der Waals surface area contributed by atoms with E-state index < -0.39 is 5.92 Å². The van der Waals surface area contributed by atoms with Gasteiger partial charge in [-0.05, 0) is 12.1 Å². The van der Waals surface area contributed by atoms with Crippen molar-refractivity contribution in [1.29, 1.82) is 0 Å². The Morgan fingerprint density at radius 1 is 0.710 bits per heavy atom. The van der Waals surface area contributed by atoms with Crippen LogP contribution in [-0.4, -0.2) is 48.4 Å². The van der Waals surface area contributed by atoms with Crippen LogP contribution in [-0.2, 0) is 0 Å². The van der Waals surface area contributed by atoms with Crippen LogP contribution in [0.25, 0.3) is 0 Å². The van der Waals surface area contributed by atoms with Crippen LogP contribution >= 0.6 is 0 Å².